The summed E-state index contributed by atoms with van der Waals surface area (Å²) >= 11 is 0. The molecule has 104 valence electrons. The van der Waals surface area contributed by atoms with Crippen LogP contribution in [0.3, 0.4) is 0 Å². The van der Waals surface area contributed by atoms with Crippen LogP contribution in [0.5, 0.6) is 0 Å². The van der Waals surface area contributed by atoms with Crippen molar-refractivity contribution in [2.75, 3.05) is 18.1 Å². The standard InChI is InChI=1S/C10H21N5O2S/c1-4-6-11-9(3)10-12-13-14-15(10)7-8-18(16,17)5-2/h9,11H,4-8H2,1-3H3. The Kier molecular flexibility index (Phi) is 5.67. The Morgan fingerprint density at radius 2 is 2.11 bits per heavy atom. The number of rotatable bonds is 8. The summed E-state index contributed by atoms with van der Waals surface area (Å²) < 4.78 is 24.5. The van der Waals surface area contributed by atoms with Crippen LogP contribution in [0.4, 0.5) is 0 Å². The third-order valence-corrected chi connectivity index (χ3v) is 4.39. The van der Waals surface area contributed by atoms with Gasteiger partial charge in [0.05, 0.1) is 18.3 Å². The summed E-state index contributed by atoms with van der Waals surface area (Å²) in [7, 11) is -2.99. The van der Waals surface area contributed by atoms with Gasteiger partial charge in [0.1, 0.15) is 0 Å². The van der Waals surface area contributed by atoms with E-state index >= 15 is 0 Å². The second kappa shape index (κ2) is 6.79. The predicted molar refractivity (Wildman–Crippen MR) is 68.9 cm³/mol. The second-order valence-electron chi connectivity index (χ2n) is 4.17. The highest BCUT2D eigenvalue weighted by Gasteiger charge is 2.15. The first-order chi connectivity index (χ1) is 8.50. The van der Waals surface area contributed by atoms with Gasteiger partial charge in [-0.2, -0.15) is 0 Å². The molecule has 0 saturated carbocycles. The maximum Gasteiger partial charge on any atom is 0.167 e. The zero-order valence-electron chi connectivity index (χ0n) is 11.1. The molecule has 18 heavy (non-hydrogen) atoms. The van der Waals surface area contributed by atoms with Crippen molar-refractivity contribution in [2.24, 2.45) is 0 Å². The van der Waals surface area contributed by atoms with E-state index in [1.165, 1.54) is 0 Å². The van der Waals surface area contributed by atoms with E-state index < -0.39 is 9.84 Å². The number of nitrogens with one attached hydrogen (secondary N) is 1. The van der Waals surface area contributed by atoms with Gasteiger partial charge in [-0.25, -0.2) is 13.1 Å². The monoisotopic (exact) mass is 275 g/mol. The third-order valence-electron chi connectivity index (χ3n) is 2.70. The van der Waals surface area contributed by atoms with Gasteiger partial charge < -0.3 is 5.32 Å². The van der Waals surface area contributed by atoms with Crippen LogP contribution >= 0.6 is 0 Å². The fourth-order valence-corrected chi connectivity index (χ4v) is 2.24. The number of hydrogen-bond acceptors (Lipinski definition) is 6. The molecule has 1 unspecified atom stereocenters. The molecular formula is C10H21N5O2S. The van der Waals surface area contributed by atoms with Gasteiger partial charge in [-0.3, -0.25) is 0 Å². The summed E-state index contributed by atoms with van der Waals surface area (Å²) in [5.74, 6) is 0.894. The molecule has 0 saturated heterocycles. The largest absolute Gasteiger partial charge is 0.307 e. The lowest BCUT2D eigenvalue weighted by Crippen LogP contribution is -2.25. The average Bonchev–Trinajstić information content (AvgIpc) is 2.82. The molecule has 1 atom stereocenters. The van der Waals surface area contributed by atoms with Crippen LogP contribution in [0.15, 0.2) is 0 Å². The summed E-state index contributed by atoms with van der Waals surface area (Å²) in [5, 5.41) is 14.7. The van der Waals surface area contributed by atoms with Crippen molar-refractivity contribution in [3.63, 3.8) is 0 Å². The maximum absolute atomic E-state index is 11.5. The lowest BCUT2D eigenvalue weighted by molar-refractivity contribution is 0.495. The molecule has 0 spiro atoms. The molecule has 7 nitrogen and oxygen atoms in total. The van der Waals surface area contributed by atoms with Crippen LogP contribution in [-0.4, -0.2) is 46.7 Å². The van der Waals surface area contributed by atoms with E-state index in [2.05, 4.69) is 27.8 Å². The van der Waals surface area contributed by atoms with Crippen LogP contribution in [-0.2, 0) is 16.4 Å². The van der Waals surface area contributed by atoms with E-state index in [1.54, 1.807) is 11.6 Å². The van der Waals surface area contributed by atoms with E-state index in [4.69, 9.17) is 0 Å². The van der Waals surface area contributed by atoms with Gasteiger partial charge in [0.25, 0.3) is 0 Å². The smallest absolute Gasteiger partial charge is 0.167 e. The molecule has 0 fully saturated rings. The number of tetrazole rings is 1. The number of nitrogens with zero attached hydrogens (tertiary/aromatic N) is 4. The first kappa shape index (κ1) is 15.0. The van der Waals surface area contributed by atoms with Crippen LogP contribution in [0.1, 0.15) is 39.1 Å². The lowest BCUT2D eigenvalue weighted by atomic mass is 10.3. The third kappa shape index (κ3) is 4.34. The Hall–Kier alpha value is -1.02. The zero-order valence-corrected chi connectivity index (χ0v) is 11.9. The van der Waals surface area contributed by atoms with Crippen molar-refractivity contribution >= 4 is 9.84 Å². The minimum atomic E-state index is -2.99. The van der Waals surface area contributed by atoms with Crippen molar-refractivity contribution in [3.05, 3.63) is 5.82 Å². The van der Waals surface area contributed by atoms with Crippen LogP contribution in [0, 0.1) is 0 Å². The molecule has 0 aliphatic heterocycles. The normalized spacial score (nSPS) is 13.7. The second-order valence-corrected chi connectivity index (χ2v) is 6.65. The molecule has 0 aliphatic rings. The van der Waals surface area contributed by atoms with Crippen LogP contribution in [0.2, 0.25) is 0 Å². The molecule has 1 aromatic rings. The Morgan fingerprint density at radius 3 is 2.72 bits per heavy atom. The van der Waals surface area contributed by atoms with Crippen molar-refractivity contribution in [1.82, 2.24) is 25.5 Å². The van der Waals surface area contributed by atoms with E-state index in [9.17, 15) is 8.42 Å². The molecule has 0 amide bonds. The number of sulfone groups is 1. The molecule has 0 radical (unpaired) electrons. The van der Waals surface area contributed by atoms with Gasteiger partial charge in [-0.15, -0.1) is 5.10 Å². The van der Waals surface area contributed by atoms with Crippen molar-refractivity contribution in [2.45, 2.75) is 39.8 Å². The molecule has 0 aliphatic carbocycles. The molecule has 1 N–H and O–H groups in total. The number of hydrogen-bond donors (Lipinski definition) is 1. The summed E-state index contributed by atoms with van der Waals surface area (Å²) in [6, 6.07) is 0.0179. The Morgan fingerprint density at radius 1 is 1.39 bits per heavy atom. The summed E-state index contributed by atoms with van der Waals surface area (Å²) in [6.07, 6.45) is 1.02. The van der Waals surface area contributed by atoms with Crippen LogP contribution in [0.25, 0.3) is 0 Å². The first-order valence-corrected chi connectivity index (χ1v) is 8.02. The lowest BCUT2D eigenvalue weighted by Gasteiger charge is -2.12. The fraction of sp³-hybridized carbons (Fsp3) is 0.900. The summed E-state index contributed by atoms with van der Waals surface area (Å²) in [4.78, 5) is 0. The first-order valence-electron chi connectivity index (χ1n) is 6.20. The SMILES string of the molecule is CCCNC(C)c1nnnn1CCS(=O)(=O)CC. The van der Waals surface area contributed by atoms with Gasteiger partial charge in [-0.1, -0.05) is 13.8 Å². The maximum atomic E-state index is 11.5. The minimum absolute atomic E-state index is 0.0179. The fourth-order valence-electron chi connectivity index (χ4n) is 1.50. The average molecular weight is 275 g/mol. The van der Waals surface area contributed by atoms with Gasteiger partial charge in [0.15, 0.2) is 15.7 Å². The highest BCUT2D eigenvalue weighted by Crippen LogP contribution is 2.07. The van der Waals surface area contributed by atoms with Crippen molar-refractivity contribution in [3.8, 4) is 0 Å². The highest BCUT2D eigenvalue weighted by atomic mass is 32.2. The number of aryl methyl sites for hydroxylation is 1. The molecule has 0 aromatic carbocycles. The molecule has 1 rings (SSSR count). The van der Waals surface area contributed by atoms with Gasteiger partial charge in [-0.05, 0) is 30.3 Å². The zero-order chi connectivity index (χ0) is 13.6. The van der Waals surface area contributed by atoms with Crippen LogP contribution < -0.4 is 5.32 Å². The molecule has 0 bridgehead atoms. The molecule has 8 heteroatoms. The Bertz CT molecular complexity index is 457. The molecule has 1 aromatic heterocycles. The van der Waals surface area contributed by atoms with Gasteiger partial charge >= 0.3 is 0 Å². The predicted octanol–water partition coefficient (Wildman–Crippen LogP) is 0.168. The number of aromatic nitrogens is 4. The van der Waals surface area contributed by atoms with Gasteiger partial charge in [0.2, 0.25) is 0 Å². The Labute approximate surface area is 108 Å². The van der Waals surface area contributed by atoms with E-state index in [0.29, 0.717) is 12.4 Å². The summed E-state index contributed by atoms with van der Waals surface area (Å²) in [6.45, 7) is 6.86. The molecular weight excluding hydrogens is 254 g/mol. The van der Waals surface area contributed by atoms with E-state index in [1.807, 2.05) is 6.92 Å². The van der Waals surface area contributed by atoms with Crippen molar-refractivity contribution in [1.29, 1.82) is 0 Å². The topological polar surface area (TPSA) is 89.8 Å². The quantitative estimate of drug-likeness (QED) is 0.727. The van der Waals surface area contributed by atoms with Gasteiger partial charge in [0, 0.05) is 5.75 Å². The van der Waals surface area contributed by atoms with Crippen molar-refractivity contribution < 1.29 is 8.42 Å². The summed E-state index contributed by atoms with van der Waals surface area (Å²) in [5.41, 5.74) is 0. The molecule has 1 heterocycles. The Balaban J connectivity index is 2.65. The highest BCUT2D eigenvalue weighted by molar-refractivity contribution is 7.91. The minimum Gasteiger partial charge on any atom is -0.307 e. The van der Waals surface area contributed by atoms with E-state index in [-0.39, 0.29) is 17.5 Å². The van der Waals surface area contributed by atoms with E-state index in [0.717, 1.165) is 13.0 Å².